The third-order valence-electron chi connectivity index (χ3n) is 5.54. The zero-order chi connectivity index (χ0) is 27.7. The maximum atomic E-state index is 12.7. The Bertz CT molecular complexity index is 1320. The number of hydrogen-bond acceptors (Lipinski definition) is 8. The first-order chi connectivity index (χ1) is 18.4. The lowest BCUT2D eigenvalue weighted by Gasteiger charge is -2.13. The Balaban J connectivity index is 1.85. The Labute approximate surface area is 221 Å². The number of ether oxygens (including phenoxy) is 6. The molecule has 0 spiro atoms. The van der Waals surface area contributed by atoms with Gasteiger partial charge in [0, 0.05) is 6.08 Å². The van der Waals surface area contributed by atoms with Crippen molar-refractivity contribution in [3.63, 3.8) is 0 Å². The summed E-state index contributed by atoms with van der Waals surface area (Å²) in [6.07, 6.45) is 6.59. The zero-order valence-corrected chi connectivity index (χ0v) is 22.2. The molecule has 0 atom stereocenters. The molecule has 2 N–H and O–H groups in total. The molecule has 9 heteroatoms. The minimum absolute atomic E-state index is 0.126. The second kappa shape index (κ2) is 13.0. The molecule has 9 nitrogen and oxygen atoms in total. The fourth-order valence-corrected chi connectivity index (χ4v) is 3.73. The second-order valence-corrected chi connectivity index (χ2v) is 7.85. The van der Waals surface area contributed by atoms with Crippen LogP contribution >= 0.6 is 0 Å². The number of methoxy groups -OCH3 is 6. The molecule has 0 aliphatic rings. The molecule has 3 aromatic carbocycles. The predicted molar refractivity (Wildman–Crippen MR) is 147 cm³/mol. The fraction of sp³-hybridized carbons (Fsp3) is 0.207. The van der Waals surface area contributed by atoms with Gasteiger partial charge in [0.25, 0.3) is 0 Å². The molecule has 0 radical (unpaired) electrons. The van der Waals surface area contributed by atoms with Crippen molar-refractivity contribution in [1.82, 2.24) is 0 Å². The van der Waals surface area contributed by atoms with Crippen LogP contribution < -0.4 is 33.7 Å². The van der Waals surface area contributed by atoms with Crippen LogP contribution in [0.2, 0.25) is 0 Å². The molecule has 200 valence electrons. The highest BCUT2D eigenvalue weighted by atomic mass is 16.5. The van der Waals surface area contributed by atoms with Crippen LogP contribution in [0.5, 0.6) is 40.2 Å². The van der Waals surface area contributed by atoms with Gasteiger partial charge < -0.3 is 38.8 Å². The van der Waals surface area contributed by atoms with Crippen LogP contribution in [-0.4, -0.2) is 53.7 Å². The Morgan fingerprint density at radius 1 is 0.632 bits per heavy atom. The quantitative estimate of drug-likeness (QED) is 0.260. The molecule has 0 aliphatic heterocycles. The minimum Gasteiger partial charge on any atom is -0.504 e. The fourth-order valence-electron chi connectivity index (χ4n) is 3.73. The van der Waals surface area contributed by atoms with E-state index in [1.165, 1.54) is 26.4 Å². The third kappa shape index (κ3) is 6.50. The summed E-state index contributed by atoms with van der Waals surface area (Å²) in [7, 11) is 9.13. The number of amides is 1. The molecule has 3 aromatic rings. The van der Waals surface area contributed by atoms with Gasteiger partial charge in [-0.05, 0) is 59.2 Å². The summed E-state index contributed by atoms with van der Waals surface area (Å²) in [6.45, 7) is 0. The molecule has 0 saturated heterocycles. The van der Waals surface area contributed by atoms with Crippen LogP contribution in [0.1, 0.15) is 16.7 Å². The van der Waals surface area contributed by atoms with Gasteiger partial charge in [-0.1, -0.05) is 18.2 Å². The molecule has 38 heavy (non-hydrogen) atoms. The molecule has 0 heterocycles. The van der Waals surface area contributed by atoms with Crippen LogP contribution in [0.15, 0.2) is 48.5 Å². The van der Waals surface area contributed by atoms with Crippen molar-refractivity contribution >= 4 is 29.8 Å². The monoisotopic (exact) mass is 521 g/mol. The summed E-state index contributed by atoms with van der Waals surface area (Å²) >= 11 is 0. The highest BCUT2D eigenvalue weighted by Gasteiger charge is 2.14. The van der Waals surface area contributed by atoms with Gasteiger partial charge in [-0.25, -0.2) is 0 Å². The predicted octanol–water partition coefficient (Wildman–Crippen LogP) is 5.27. The number of carbonyl (C=O) groups is 1. The van der Waals surface area contributed by atoms with E-state index in [9.17, 15) is 9.90 Å². The van der Waals surface area contributed by atoms with Gasteiger partial charge in [0.2, 0.25) is 11.7 Å². The second-order valence-electron chi connectivity index (χ2n) is 7.85. The van der Waals surface area contributed by atoms with Crippen molar-refractivity contribution in [3.8, 4) is 40.2 Å². The maximum Gasteiger partial charge on any atom is 0.248 e. The number of hydrogen-bond donors (Lipinski definition) is 2. The molecule has 0 aromatic heterocycles. The molecular formula is C29H31NO8. The Morgan fingerprint density at radius 2 is 1.18 bits per heavy atom. The summed E-state index contributed by atoms with van der Waals surface area (Å²) in [5, 5.41) is 13.3. The van der Waals surface area contributed by atoms with Crippen LogP contribution in [0.4, 0.5) is 5.69 Å². The molecule has 3 rings (SSSR count). The topological polar surface area (TPSA) is 105 Å². The number of rotatable bonds is 11. The molecule has 1 amide bonds. The van der Waals surface area contributed by atoms with Crippen molar-refractivity contribution < 1.29 is 38.3 Å². The third-order valence-corrected chi connectivity index (χ3v) is 5.54. The van der Waals surface area contributed by atoms with E-state index in [2.05, 4.69) is 5.32 Å². The van der Waals surface area contributed by atoms with Gasteiger partial charge in [-0.3, -0.25) is 4.79 Å². The van der Waals surface area contributed by atoms with E-state index in [0.717, 1.165) is 11.1 Å². The highest BCUT2D eigenvalue weighted by molar-refractivity contribution is 6.03. The number of aromatic hydroxyl groups is 1. The first-order valence-electron chi connectivity index (χ1n) is 11.5. The van der Waals surface area contributed by atoms with E-state index < -0.39 is 5.91 Å². The molecular weight excluding hydrogens is 490 g/mol. The minimum atomic E-state index is -0.414. The smallest absolute Gasteiger partial charge is 0.248 e. The van der Waals surface area contributed by atoms with E-state index >= 15 is 0 Å². The van der Waals surface area contributed by atoms with Crippen LogP contribution in [0.25, 0.3) is 18.2 Å². The average Bonchev–Trinajstić information content (AvgIpc) is 2.93. The number of phenolic OH excluding ortho intramolecular Hbond substituents is 1. The Kier molecular flexibility index (Phi) is 9.48. The Hall–Kier alpha value is -4.79. The summed E-state index contributed by atoms with van der Waals surface area (Å²) in [6, 6.07) is 12.1. The summed E-state index contributed by atoms with van der Waals surface area (Å²) in [5.74, 6) is 2.25. The average molecular weight is 522 g/mol. The van der Waals surface area contributed by atoms with Crippen LogP contribution in [-0.2, 0) is 4.79 Å². The van der Waals surface area contributed by atoms with Gasteiger partial charge in [0.05, 0.1) is 48.3 Å². The van der Waals surface area contributed by atoms with Crippen molar-refractivity contribution in [2.75, 3.05) is 48.0 Å². The molecule has 0 unspecified atom stereocenters. The first kappa shape index (κ1) is 27.8. The summed E-state index contributed by atoms with van der Waals surface area (Å²) in [4.78, 5) is 12.7. The lowest BCUT2D eigenvalue weighted by molar-refractivity contribution is -0.111. The van der Waals surface area contributed by atoms with Crippen molar-refractivity contribution in [3.05, 3.63) is 65.2 Å². The molecule has 0 saturated carbocycles. The maximum absolute atomic E-state index is 12.7. The first-order valence-corrected chi connectivity index (χ1v) is 11.5. The van der Waals surface area contributed by atoms with E-state index in [1.54, 1.807) is 77.0 Å². The number of benzene rings is 3. The summed E-state index contributed by atoms with van der Waals surface area (Å²) in [5.41, 5.74) is 2.45. The van der Waals surface area contributed by atoms with E-state index in [1.807, 2.05) is 6.08 Å². The lowest BCUT2D eigenvalue weighted by Crippen LogP contribution is -2.09. The lowest BCUT2D eigenvalue weighted by atomic mass is 10.1. The number of carbonyl (C=O) groups excluding carboxylic acids is 1. The highest BCUT2D eigenvalue weighted by Crippen LogP contribution is 2.39. The van der Waals surface area contributed by atoms with E-state index in [0.29, 0.717) is 40.0 Å². The molecule has 0 aliphatic carbocycles. The van der Waals surface area contributed by atoms with Gasteiger partial charge in [0.1, 0.15) is 0 Å². The van der Waals surface area contributed by atoms with Crippen molar-refractivity contribution in [2.45, 2.75) is 0 Å². The van der Waals surface area contributed by atoms with Crippen LogP contribution in [0.3, 0.4) is 0 Å². The van der Waals surface area contributed by atoms with Crippen LogP contribution in [0, 0.1) is 0 Å². The number of anilines is 1. The number of phenols is 1. The number of nitrogens with one attached hydrogen (secondary N) is 1. The molecule has 0 bridgehead atoms. The van der Waals surface area contributed by atoms with Gasteiger partial charge in [-0.15, -0.1) is 0 Å². The van der Waals surface area contributed by atoms with Crippen molar-refractivity contribution in [1.29, 1.82) is 0 Å². The van der Waals surface area contributed by atoms with Gasteiger partial charge in [0.15, 0.2) is 34.5 Å². The van der Waals surface area contributed by atoms with Gasteiger partial charge >= 0.3 is 0 Å². The van der Waals surface area contributed by atoms with E-state index in [4.69, 9.17) is 28.4 Å². The largest absolute Gasteiger partial charge is 0.504 e. The normalized spacial score (nSPS) is 10.9. The molecule has 0 fully saturated rings. The Morgan fingerprint density at radius 3 is 1.74 bits per heavy atom. The van der Waals surface area contributed by atoms with E-state index in [-0.39, 0.29) is 11.5 Å². The summed E-state index contributed by atoms with van der Waals surface area (Å²) < 4.78 is 32.0. The zero-order valence-electron chi connectivity index (χ0n) is 22.2. The van der Waals surface area contributed by atoms with Crippen molar-refractivity contribution in [2.24, 2.45) is 0 Å². The standard InChI is InChI=1S/C29H31NO8/c1-33-23-11-9-18(15-24(23)34-2)10-12-27(32)30-21-13-19(14-22(31)28(21)37-5)7-8-20-16-25(35-3)29(38-6)26(17-20)36-4/h7-17,31H,1-6H3,(H,30,32)/b8-7?,12-10+. The SMILES string of the molecule is COc1ccc(/C=C/C(=O)Nc2cc(C=Cc3cc(OC)c(OC)c(OC)c3)cc(O)c2OC)cc1OC. The van der Waals surface area contributed by atoms with Gasteiger partial charge in [-0.2, -0.15) is 0 Å².